The molecule has 0 unspecified atom stereocenters. The first-order valence-corrected chi connectivity index (χ1v) is 8.93. The summed E-state index contributed by atoms with van der Waals surface area (Å²) in [6.45, 7) is 0.119. The van der Waals surface area contributed by atoms with Gasteiger partial charge in [-0.2, -0.15) is 0 Å². The molecule has 2 aromatic rings. The monoisotopic (exact) mass is 380 g/mol. The van der Waals surface area contributed by atoms with E-state index < -0.39 is 11.9 Å². The van der Waals surface area contributed by atoms with E-state index in [9.17, 15) is 19.2 Å². The molecule has 1 fully saturated rings. The standard InChI is InChI=1S/C21H20N2O5/c24-18-10-11-19(25)23(18)13-15-6-8-17(9-7-15)21(27)22-12-20(26)28-14-16-4-2-1-3-5-16/h1-9H,10-14H2,(H,22,27). The van der Waals surface area contributed by atoms with Gasteiger partial charge in [-0.15, -0.1) is 0 Å². The van der Waals surface area contributed by atoms with Crippen LogP contribution in [0.1, 0.15) is 34.3 Å². The Morgan fingerprint density at radius 2 is 1.54 bits per heavy atom. The van der Waals surface area contributed by atoms with Gasteiger partial charge in [0, 0.05) is 18.4 Å². The molecule has 0 aliphatic carbocycles. The van der Waals surface area contributed by atoms with Crippen molar-refractivity contribution >= 4 is 23.7 Å². The fourth-order valence-corrected chi connectivity index (χ4v) is 2.79. The summed E-state index contributed by atoms with van der Waals surface area (Å²) in [5, 5.41) is 2.51. The van der Waals surface area contributed by atoms with Crippen LogP contribution in [-0.2, 0) is 32.3 Å². The summed E-state index contributed by atoms with van der Waals surface area (Å²) < 4.78 is 5.10. The van der Waals surface area contributed by atoms with Gasteiger partial charge < -0.3 is 10.1 Å². The van der Waals surface area contributed by atoms with E-state index in [1.54, 1.807) is 24.3 Å². The van der Waals surface area contributed by atoms with Gasteiger partial charge in [0.1, 0.15) is 13.2 Å². The normalized spacial score (nSPS) is 13.5. The number of hydrogen-bond acceptors (Lipinski definition) is 5. The lowest BCUT2D eigenvalue weighted by atomic mass is 10.1. The quantitative estimate of drug-likeness (QED) is 0.584. The number of benzene rings is 2. The molecule has 1 aliphatic rings. The number of rotatable bonds is 7. The molecule has 7 nitrogen and oxygen atoms in total. The summed E-state index contributed by atoms with van der Waals surface area (Å²) in [5.41, 5.74) is 1.99. The summed E-state index contributed by atoms with van der Waals surface area (Å²) in [6, 6.07) is 15.8. The van der Waals surface area contributed by atoms with Gasteiger partial charge in [-0.3, -0.25) is 24.1 Å². The van der Waals surface area contributed by atoms with Crippen molar-refractivity contribution in [1.82, 2.24) is 10.2 Å². The molecule has 1 N–H and O–H groups in total. The third kappa shape index (κ3) is 5.03. The lowest BCUT2D eigenvalue weighted by Gasteiger charge is -2.14. The first kappa shape index (κ1) is 19.3. The summed E-state index contributed by atoms with van der Waals surface area (Å²) in [6.07, 6.45) is 0.499. The van der Waals surface area contributed by atoms with Gasteiger partial charge in [-0.05, 0) is 23.3 Å². The molecular formula is C21H20N2O5. The third-order valence-electron chi connectivity index (χ3n) is 4.35. The van der Waals surface area contributed by atoms with E-state index in [2.05, 4.69) is 5.32 Å². The van der Waals surface area contributed by atoms with Crippen LogP contribution in [-0.4, -0.2) is 35.1 Å². The Balaban J connectivity index is 1.46. The molecule has 3 rings (SSSR count). The van der Waals surface area contributed by atoms with Crippen LogP contribution in [0, 0.1) is 0 Å². The van der Waals surface area contributed by atoms with Crippen LogP contribution in [0.25, 0.3) is 0 Å². The summed E-state index contributed by atoms with van der Waals surface area (Å²) >= 11 is 0. The number of imide groups is 1. The number of carbonyl (C=O) groups excluding carboxylic acids is 4. The van der Waals surface area contributed by atoms with Crippen molar-refractivity contribution in [1.29, 1.82) is 0 Å². The fourth-order valence-electron chi connectivity index (χ4n) is 2.79. The second kappa shape index (κ2) is 8.94. The molecule has 7 heteroatoms. The fraction of sp³-hybridized carbons (Fsp3) is 0.238. The number of nitrogens with zero attached hydrogens (tertiary/aromatic N) is 1. The Hall–Kier alpha value is -3.48. The smallest absolute Gasteiger partial charge is 0.325 e. The van der Waals surface area contributed by atoms with Crippen LogP contribution in [0.2, 0.25) is 0 Å². The topological polar surface area (TPSA) is 92.8 Å². The highest BCUT2D eigenvalue weighted by molar-refractivity contribution is 6.01. The molecule has 0 aromatic heterocycles. The molecule has 2 aromatic carbocycles. The minimum Gasteiger partial charge on any atom is -0.460 e. The predicted octanol–water partition coefficient (Wildman–Crippen LogP) is 1.81. The number of amides is 3. The Morgan fingerprint density at radius 3 is 2.18 bits per heavy atom. The molecule has 0 radical (unpaired) electrons. The van der Waals surface area contributed by atoms with Gasteiger partial charge in [0.2, 0.25) is 11.8 Å². The highest BCUT2D eigenvalue weighted by Gasteiger charge is 2.28. The van der Waals surface area contributed by atoms with Crippen molar-refractivity contribution in [2.75, 3.05) is 6.54 Å². The molecule has 1 saturated heterocycles. The maximum atomic E-state index is 12.1. The summed E-state index contributed by atoms with van der Waals surface area (Å²) in [7, 11) is 0. The van der Waals surface area contributed by atoms with E-state index in [0.717, 1.165) is 11.1 Å². The van der Waals surface area contributed by atoms with E-state index in [4.69, 9.17) is 4.74 Å². The molecule has 0 saturated carbocycles. The minimum absolute atomic E-state index is 0.151. The maximum Gasteiger partial charge on any atom is 0.325 e. The van der Waals surface area contributed by atoms with Crippen LogP contribution in [0.15, 0.2) is 54.6 Å². The van der Waals surface area contributed by atoms with E-state index in [0.29, 0.717) is 5.56 Å². The molecule has 3 amide bonds. The Kier molecular flexibility index (Phi) is 6.16. The van der Waals surface area contributed by atoms with Crippen LogP contribution >= 0.6 is 0 Å². The van der Waals surface area contributed by atoms with Crippen molar-refractivity contribution in [3.8, 4) is 0 Å². The SMILES string of the molecule is O=C(CNC(=O)c1ccc(CN2C(=O)CCC2=O)cc1)OCc1ccccc1. The second-order valence-electron chi connectivity index (χ2n) is 6.40. The van der Waals surface area contributed by atoms with Crippen LogP contribution in [0.5, 0.6) is 0 Å². The van der Waals surface area contributed by atoms with E-state index in [1.165, 1.54) is 4.90 Å². The van der Waals surface area contributed by atoms with Gasteiger partial charge in [-0.25, -0.2) is 0 Å². The molecule has 144 valence electrons. The highest BCUT2D eigenvalue weighted by Crippen LogP contribution is 2.16. The molecule has 0 spiro atoms. The van der Waals surface area contributed by atoms with Gasteiger partial charge in [-0.1, -0.05) is 42.5 Å². The largest absolute Gasteiger partial charge is 0.460 e. The number of nitrogens with one attached hydrogen (secondary N) is 1. The highest BCUT2D eigenvalue weighted by atomic mass is 16.5. The summed E-state index contributed by atoms with van der Waals surface area (Å²) in [5.74, 6) is -1.29. The Labute approximate surface area is 162 Å². The van der Waals surface area contributed by atoms with Crippen LogP contribution in [0.3, 0.4) is 0 Å². The first-order chi connectivity index (χ1) is 13.5. The van der Waals surface area contributed by atoms with E-state index >= 15 is 0 Å². The average molecular weight is 380 g/mol. The van der Waals surface area contributed by atoms with Gasteiger partial charge in [0.05, 0.1) is 6.54 Å². The molecular weight excluding hydrogens is 360 g/mol. The van der Waals surface area contributed by atoms with Crippen molar-refractivity contribution < 1.29 is 23.9 Å². The van der Waals surface area contributed by atoms with Crippen LogP contribution < -0.4 is 5.32 Å². The zero-order valence-electron chi connectivity index (χ0n) is 15.2. The molecule has 0 bridgehead atoms. The van der Waals surface area contributed by atoms with Crippen molar-refractivity contribution in [3.05, 3.63) is 71.3 Å². The molecule has 1 heterocycles. The van der Waals surface area contributed by atoms with Crippen molar-refractivity contribution in [2.24, 2.45) is 0 Å². The second-order valence-corrected chi connectivity index (χ2v) is 6.40. The Bertz CT molecular complexity index is 861. The predicted molar refractivity (Wildman–Crippen MR) is 99.8 cm³/mol. The number of esters is 1. The van der Waals surface area contributed by atoms with Gasteiger partial charge in [0.15, 0.2) is 0 Å². The van der Waals surface area contributed by atoms with E-state index in [-0.39, 0.29) is 44.4 Å². The van der Waals surface area contributed by atoms with Gasteiger partial charge in [0.25, 0.3) is 5.91 Å². The number of likely N-dealkylation sites (tertiary alicyclic amines) is 1. The number of ether oxygens (including phenoxy) is 1. The maximum absolute atomic E-state index is 12.1. The molecule has 28 heavy (non-hydrogen) atoms. The molecule has 1 aliphatic heterocycles. The Morgan fingerprint density at radius 1 is 0.893 bits per heavy atom. The van der Waals surface area contributed by atoms with Crippen molar-refractivity contribution in [3.63, 3.8) is 0 Å². The number of hydrogen-bond donors (Lipinski definition) is 1. The lowest BCUT2D eigenvalue weighted by molar-refractivity contribution is -0.143. The van der Waals surface area contributed by atoms with Crippen LogP contribution in [0.4, 0.5) is 0 Å². The molecule has 0 atom stereocenters. The first-order valence-electron chi connectivity index (χ1n) is 8.93. The third-order valence-corrected chi connectivity index (χ3v) is 4.35. The van der Waals surface area contributed by atoms with Gasteiger partial charge >= 0.3 is 5.97 Å². The zero-order valence-corrected chi connectivity index (χ0v) is 15.2. The number of carbonyl (C=O) groups is 4. The lowest BCUT2D eigenvalue weighted by Crippen LogP contribution is -2.30. The summed E-state index contributed by atoms with van der Waals surface area (Å²) in [4.78, 5) is 48.4. The van der Waals surface area contributed by atoms with E-state index in [1.807, 2.05) is 30.3 Å². The average Bonchev–Trinajstić information content (AvgIpc) is 3.04. The minimum atomic E-state index is -0.528. The zero-order chi connectivity index (χ0) is 19.9. The van der Waals surface area contributed by atoms with Crippen molar-refractivity contribution in [2.45, 2.75) is 26.0 Å².